The summed E-state index contributed by atoms with van der Waals surface area (Å²) in [5.41, 5.74) is -0.362. The van der Waals surface area contributed by atoms with Crippen LogP contribution in [-0.2, 0) is 9.53 Å². The smallest absolute Gasteiger partial charge is 0.246 e. The highest BCUT2D eigenvalue weighted by molar-refractivity contribution is 6.18. The van der Waals surface area contributed by atoms with E-state index in [0.29, 0.717) is 5.88 Å². The van der Waals surface area contributed by atoms with Crippen LogP contribution in [0.5, 0.6) is 0 Å². The van der Waals surface area contributed by atoms with Gasteiger partial charge in [-0.1, -0.05) is 0 Å². The first-order chi connectivity index (χ1) is 5.87. The van der Waals surface area contributed by atoms with E-state index in [0.717, 1.165) is 0 Å². The van der Waals surface area contributed by atoms with Gasteiger partial charge in [-0.15, -0.1) is 11.6 Å². The molecule has 1 amide bonds. The van der Waals surface area contributed by atoms with Gasteiger partial charge in [0, 0.05) is 11.4 Å². The molecule has 0 unspecified atom stereocenters. The number of halogens is 1. The molecule has 0 rings (SSSR count). The quantitative estimate of drug-likeness (QED) is 0.695. The maximum absolute atomic E-state index is 11.2. The van der Waals surface area contributed by atoms with Gasteiger partial charge in [-0.3, -0.25) is 4.79 Å². The number of hydrogen-bond donors (Lipinski definition) is 1. The summed E-state index contributed by atoms with van der Waals surface area (Å²) in [6.45, 7) is 7.61. The van der Waals surface area contributed by atoms with Gasteiger partial charge < -0.3 is 10.1 Å². The van der Waals surface area contributed by atoms with Crippen LogP contribution >= 0.6 is 11.6 Å². The van der Waals surface area contributed by atoms with Crippen LogP contribution in [0.3, 0.4) is 0 Å². The van der Waals surface area contributed by atoms with E-state index in [4.69, 9.17) is 16.3 Å². The summed E-state index contributed by atoms with van der Waals surface area (Å²) in [6, 6.07) is 0. The number of nitrogens with one attached hydrogen (secondary N) is 1. The predicted octanol–water partition coefficient (Wildman–Crippen LogP) is 1.54. The second kappa shape index (κ2) is 5.45. The van der Waals surface area contributed by atoms with Crippen molar-refractivity contribution >= 4 is 17.5 Å². The topological polar surface area (TPSA) is 38.3 Å². The Balaban J connectivity index is 3.74. The Labute approximate surface area is 84.8 Å². The lowest BCUT2D eigenvalue weighted by Crippen LogP contribution is -2.46. The minimum absolute atomic E-state index is 0.0739. The lowest BCUT2D eigenvalue weighted by atomic mass is 10.1. The predicted molar refractivity (Wildman–Crippen MR) is 54.0 cm³/mol. The molecular formula is C9H18ClNO2. The Kier molecular flexibility index (Phi) is 5.33. The van der Waals surface area contributed by atoms with Crippen molar-refractivity contribution in [3.63, 3.8) is 0 Å². The van der Waals surface area contributed by atoms with Crippen molar-refractivity contribution in [2.24, 2.45) is 0 Å². The molecule has 0 radical (unpaired) electrons. The van der Waals surface area contributed by atoms with Crippen LogP contribution in [0.2, 0.25) is 0 Å². The third-order valence-electron chi connectivity index (χ3n) is 1.36. The number of carbonyl (C=O) groups excluding carboxylic acids is 1. The van der Waals surface area contributed by atoms with E-state index in [1.165, 1.54) is 0 Å². The normalized spacial score (nSPS) is 11.8. The van der Waals surface area contributed by atoms with Gasteiger partial charge in [0.1, 0.15) is 6.61 Å². The van der Waals surface area contributed by atoms with E-state index in [2.05, 4.69) is 5.32 Å². The van der Waals surface area contributed by atoms with E-state index < -0.39 is 0 Å². The molecule has 4 heteroatoms. The Morgan fingerprint density at radius 2 is 2.08 bits per heavy atom. The molecule has 0 atom stereocenters. The summed E-state index contributed by atoms with van der Waals surface area (Å²) in [7, 11) is 0. The highest BCUT2D eigenvalue weighted by Gasteiger charge is 2.18. The molecule has 0 aliphatic rings. The van der Waals surface area contributed by atoms with Crippen LogP contribution in [0.1, 0.15) is 27.7 Å². The second-order valence-electron chi connectivity index (χ2n) is 3.93. The third-order valence-corrected chi connectivity index (χ3v) is 2.03. The number of rotatable bonds is 5. The zero-order chi connectivity index (χ0) is 10.5. The number of hydrogen-bond acceptors (Lipinski definition) is 2. The second-order valence-corrected chi connectivity index (χ2v) is 4.19. The van der Waals surface area contributed by atoms with Crippen molar-refractivity contribution in [1.29, 1.82) is 0 Å². The largest absolute Gasteiger partial charge is 0.369 e. The van der Waals surface area contributed by atoms with Gasteiger partial charge in [-0.05, 0) is 27.7 Å². The first kappa shape index (κ1) is 12.7. The summed E-state index contributed by atoms with van der Waals surface area (Å²) >= 11 is 5.64. The highest BCUT2D eigenvalue weighted by Crippen LogP contribution is 2.03. The fourth-order valence-electron chi connectivity index (χ4n) is 0.689. The fraction of sp³-hybridized carbons (Fsp3) is 0.889. The van der Waals surface area contributed by atoms with Gasteiger partial charge in [0.05, 0.1) is 6.10 Å². The molecule has 0 aliphatic carbocycles. The van der Waals surface area contributed by atoms with Gasteiger partial charge >= 0.3 is 0 Å². The lowest BCUT2D eigenvalue weighted by molar-refractivity contribution is -0.128. The molecule has 0 aliphatic heterocycles. The Bertz CT molecular complexity index is 169. The summed E-state index contributed by atoms with van der Waals surface area (Å²) in [4.78, 5) is 11.2. The van der Waals surface area contributed by atoms with Crippen LogP contribution in [-0.4, -0.2) is 30.0 Å². The standard InChI is InChI=1S/C9H18ClNO2/c1-7(2)13-5-8(12)11-9(3,4)6-10/h7H,5-6H2,1-4H3,(H,11,12). The van der Waals surface area contributed by atoms with Gasteiger partial charge in [0.15, 0.2) is 0 Å². The van der Waals surface area contributed by atoms with E-state index in [9.17, 15) is 4.79 Å². The van der Waals surface area contributed by atoms with E-state index in [1.54, 1.807) is 0 Å². The van der Waals surface area contributed by atoms with Crippen LogP contribution in [0.15, 0.2) is 0 Å². The molecular weight excluding hydrogens is 190 g/mol. The molecule has 0 aromatic carbocycles. The minimum Gasteiger partial charge on any atom is -0.369 e. The van der Waals surface area contributed by atoms with Crippen LogP contribution < -0.4 is 5.32 Å². The van der Waals surface area contributed by atoms with Crippen LogP contribution in [0.4, 0.5) is 0 Å². The molecule has 3 nitrogen and oxygen atoms in total. The van der Waals surface area contributed by atoms with Gasteiger partial charge in [-0.25, -0.2) is 0 Å². The van der Waals surface area contributed by atoms with Crippen LogP contribution in [0.25, 0.3) is 0 Å². The van der Waals surface area contributed by atoms with Gasteiger partial charge in [-0.2, -0.15) is 0 Å². The maximum atomic E-state index is 11.2. The summed E-state index contributed by atoms with van der Waals surface area (Å²) in [6.07, 6.45) is 0.0739. The third kappa shape index (κ3) is 6.84. The molecule has 0 fully saturated rings. The monoisotopic (exact) mass is 207 g/mol. The summed E-state index contributed by atoms with van der Waals surface area (Å²) < 4.78 is 5.14. The molecule has 78 valence electrons. The average molecular weight is 208 g/mol. The maximum Gasteiger partial charge on any atom is 0.246 e. The van der Waals surface area contributed by atoms with Crippen molar-refractivity contribution < 1.29 is 9.53 Å². The minimum atomic E-state index is -0.362. The van der Waals surface area contributed by atoms with E-state index in [-0.39, 0.29) is 24.2 Å². The first-order valence-electron chi connectivity index (χ1n) is 4.36. The van der Waals surface area contributed by atoms with Crippen molar-refractivity contribution in [2.45, 2.75) is 39.3 Å². The molecule has 0 saturated heterocycles. The van der Waals surface area contributed by atoms with Crippen LogP contribution in [0, 0.1) is 0 Å². The SMILES string of the molecule is CC(C)OCC(=O)NC(C)(C)CCl. The van der Waals surface area contributed by atoms with Crippen molar-refractivity contribution in [1.82, 2.24) is 5.32 Å². The van der Waals surface area contributed by atoms with Gasteiger partial charge in [0.2, 0.25) is 5.91 Å². The van der Waals surface area contributed by atoms with Crippen molar-refractivity contribution in [2.75, 3.05) is 12.5 Å². The number of ether oxygens (including phenoxy) is 1. The molecule has 0 bridgehead atoms. The molecule has 0 spiro atoms. The zero-order valence-electron chi connectivity index (χ0n) is 8.69. The van der Waals surface area contributed by atoms with Crippen molar-refractivity contribution in [3.8, 4) is 0 Å². The number of carbonyl (C=O) groups is 1. The fourth-order valence-corrected chi connectivity index (χ4v) is 0.756. The molecule has 0 aromatic rings. The Morgan fingerprint density at radius 1 is 1.54 bits per heavy atom. The summed E-state index contributed by atoms with van der Waals surface area (Å²) in [5.74, 6) is 0.264. The molecule has 13 heavy (non-hydrogen) atoms. The summed E-state index contributed by atoms with van der Waals surface area (Å²) in [5, 5.41) is 2.77. The first-order valence-corrected chi connectivity index (χ1v) is 4.89. The molecule has 1 N–H and O–H groups in total. The molecule has 0 aromatic heterocycles. The zero-order valence-corrected chi connectivity index (χ0v) is 9.44. The van der Waals surface area contributed by atoms with E-state index in [1.807, 2.05) is 27.7 Å². The highest BCUT2D eigenvalue weighted by atomic mass is 35.5. The van der Waals surface area contributed by atoms with Gasteiger partial charge in [0.25, 0.3) is 0 Å². The Hall–Kier alpha value is -0.280. The lowest BCUT2D eigenvalue weighted by Gasteiger charge is -2.23. The van der Waals surface area contributed by atoms with Crippen molar-refractivity contribution in [3.05, 3.63) is 0 Å². The van der Waals surface area contributed by atoms with E-state index >= 15 is 0 Å². The average Bonchev–Trinajstić information content (AvgIpc) is 2.00. The molecule has 0 heterocycles. The number of amides is 1. The molecule has 0 saturated carbocycles. The Morgan fingerprint density at radius 3 is 2.46 bits per heavy atom. The number of alkyl halides is 1.